The van der Waals surface area contributed by atoms with E-state index in [-0.39, 0.29) is 0 Å². The van der Waals surface area contributed by atoms with Crippen LogP contribution in [-0.2, 0) is 0 Å². The summed E-state index contributed by atoms with van der Waals surface area (Å²) < 4.78 is 5.71. The van der Waals surface area contributed by atoms with Crippen LogP contribution in [0.1, 0.15) is 38.2 Å². The van der Waals surface area contributed by atoms with Crippen LogP contribution >= 0.6 is 0 Å². The molecule has 2 nitrogen and oxygen atoms in total. The monoisotopic (exact) mass is 177 g/mol. The van der Waals surface area contributed by atoms with Gasteiger partial charge < -0.3 is 4.74 Å². The minimum atomic E-state index is 0.437. The Bertz CT molecular complexity index is 292. The van der Waals surface area contributed by atoms with E-state index in [9.17, 15) is 0 Å². The number of pyridine rings is 1. The van der Waals surface area contributed by atoms with Crippen LogP contribution in [0.4, 0.5) is 0 Å². The largest absolute Gasteiger partial charge is 0.474 e. The normalized spacial score (nSPS) is 16.2. The molecule has 1 aromatic rings. The van der Waals surface area contributed by atoms with Gasteiger partial charge in [0.15, 0.2) is 0 Å². The molecule has 13 heavy (non-hydrogen) atoms. The van der Waals surface area contributed by atoms with Crippen LogP contribution in [0.15, 0.2) is 18.3 Å². The minimum absolute atomic E-state index is 0.437. The lowest BCUT2D eigenvalue weighted by Crippen LogP contribution is -2.02. The second-order valence-electron chi connectivity index (χ2n) is 3.87. The average molecular weight is 177 g/mol. The van der Waals surface area contributed by atoms with Crippen molar-refractivity contribution < 1.29 is 4.74 Å². The summed E-state index contributed by atoms with van der Waals surface area (Å²) in [5.41, 5.74) is 1.22. The molecule has 0 atom stereocenters. The van der Waals surface area contributed by atoms with Crippen molar-refractivity contribution in [2.24, 2.45) is 0 Å². The topological polar surface area (TPSA) is 22.1 Å². The Morgan fingerprint density at radius 1 is 1.46 bits per heavy atom. The van der Waals surface area contributed by atoms with E-state index >= 15 is 0 Å². The molecule has 1 aliphatic carbocycles. The first-order valence-electron chi connectivity index (χ1n) is 4.89. The van der Waals surface area contributed by atoms with E-state index in [2.05, 4.69) is 24.9 Å². The molecule has 0 amide bonds. The number of ether oxygens (including phenoxy) is 1. The van der Waals surface area contributed by atoms with Crippen LogP contribution in [0.3, 0.4) is 0 Å². The molecular formula is C11H15NO. The van der Waals surface area contributed by atoms with Gasteiger partial charge in [0.25, 0.3) is 0 Å². The summed E-state index contributed by atoms with van der Waals surface area (Å²) in [6, 6.07) is 4.06. The maximum Gasteiger partial charge on any atom is 0.217 e. The molecule has 2 heteroatoms. The zero-order chi connectivity index (χ0) is 9.26. The predicted molar refractivity (Wildman–Crippen MR) is 52.0 cm³/mol. The molecule has 2 rings (SSSR count). The summed E-state index contributed by atoms with van der Waals surface area (Å²) >= 11 is 0. The van der Waals surface area contributed by atoms with Gasteiger partial charge >= 0.3 is 0 Å². The Hall–Kier alpha value is -1.05. The number of rotatable bonds is 3. The van der Waals surface area contributed by atoms with E-state index in [0.29, 0.717) is 12.0 Å². The van der Waals surface area contributed by atoms with Crippen LogP contribution in [0, 0.1) is 0 Å². The molecule has 1 saturated carbocycles. The third kappa shape index (κ3) is 2.00. The SMILES string of the molecule is CC(C)c1cccnc1OC1CC1. The van der Waals surface area contributed by atoms with Gasteiger partial charge in [-0.05, 0) is 24.8 Å². The van der Waals surface area contributed by atoms with Crippen molar-refractivity contribution in [3.8, 4) is 5.88 Å². The Labute approximate surface area is 78.9 Å². The smallest absolute Gasteiger partial charge is 0.217 e. The average Bonchev–Trinajstić information content (AvgIpc) is 2.89. The van der Waals surface area contributed by atoms with Crippen LogP contribution < -0.4 is 4.74 Å². The standard InChI is InChI=1S/C11H15NO/c1-8(2)10-4-3-7-12-11(10)13-9-5-6-9/h3-4,7-9H,5-6H2,1-2H3. The summed E-state index contributed by atoms with van der Waals surface area (Å²) in [5, 5.41) is 0. The second-order valence-corrected chi connectivity index (χ2v) is 3.87. The van der Waals surface area contributed by atoms with Gasteiger partial charge in [0, 0.05) is 11.8 Å². The van der Waals surface area contributed by atoms with Gasteiger partial charge in [-0.2, -0.15) is 0 Å². The fourth-order valence-electron chi connectivity index (χ4n) is 1.28. The van der Waals surface area contributed by atoms with Gasteiger partial charge in [-0.3, -0.25) is 0 Å². The molecule has 1 fully saturated rings. The zero-order valence-corrected chi connectivity index (χ0v) is 8.16. The molecule has 0 N–H and O–H groups in total. The van der Waals surface area contributed by atoms with Crippen LogP contribution in [0.25, 0.3) is 0 Å². The van der Waals surface area contributed by atoms with Crippen molar-refractivity contribution >= 4 is 0 Å². The molecule has 0 bridgehead atoms. The van der Waals surface area contributed by atoms with Crippen molar-refractivity contribution in [1.82, 2.24) is 4.98 Å². The first kappa shape index (κ1) is 8.54. The summed E-state index contributed by atoms with van der Waals surface area (Å²) in [7, 11) is 0. The summed E-state index contributed by atoms with van der Waals surface area (Å²) in [6.07, 6.45) is 4.61. The number of nitrogens with zero attached hydrogens (tertiary/aromatic N) is 1. The van der Waals surface area contributed by atoms with Gasteiger partial charge in [-0.25, -0.2) is 4.98 Å². The lowest BCUT2D eigenvalue weighted by molar-refractivity contribution is 0.286. The van der Waals surface area contributed by atoms with Gasteiger partial charge in [-0.1, -0.05) is 19.9 Å². The van der Waals surface area contributed by atoms with Crippen molar-refractivity contribution in [3.63, 3.8) is 0 Å². The molecule has 70 valence electrons. The maximum atomic E-state index is 5.71. The molecule has 0 aliphatic heterocycles. The number of hydrogen-bond acceptors (Lipinski definition) is 2. The van der Waals surface area contributed by atoms with E-state index in [1.54, 1.807) is 6.20 Å². The van der Waals surface area contributed by atoms with Crippen LogP contribution in [-0.4, -0.2) is 11.1 Å². The Kier molecular flexibility index (Phi) is 2.21. The summed E-state index contributed by atoms with van der Waals surface area (Å²) in [4.78, 5) is 4.26. The fraction of sp³-hybridized carbons (Fsp3) is 0.545. The summed E-state index contributed by atoms with van der Waals surface area (Å²) in [5.74, 6) is 1.32. The van der Waals surface area contributed by atoms with Crippen molar-refractivity contribution in [1.29, 1.82) is 0 Å². The maximum absolute atomic E-state index is 5.71. The molecule has 1 aliphatic rings. The van der Waals surface area contributed by atoms with Crippen molar-refractivity contribution in [3.05, 3.63) is 23.9 Å². The minimum Gasteiger partial charge on any atom is -0.474 e. The molecule has 0 radical (unpaired) electrons. The third-order valence-corrected chi connectivity index (χ3v) is 2.23. The highest BCUT2D eigenvalue weighted by Gasteiger charge is 2.25. The van der Waals surface area contributed by atoms with Crippen LogP contribution in [0.2, 0.25) is 0 Å². The molecule has 1 heterocycles. The number of aromatic nitrogens is 1. The van der Waals surface area contributed by atoms with Gasteiger partial charge in [0.05, 0.1) is 0 Å². The van der Waals surface area contributed by atoms with Crippen molar-refractivity contribution in [2.75, 3.05) is 0 Å². The lowest BCUT2D eigenvalue weighted by Gasteiger charge is -2.11. The quantitative estimate of drug-likeness (QED) is 0.708. The van der Waals surface area contributed by atoms with Gasteiger partial charge in [0.2, 0.25) is 5.88 Å². The molecule has 0 spiro atoms. The van der Waals surface area contributed by atoms with E-state index in [0.717, 1.165) is 5.88 Å². The van der Waals surface area contributed by atoms with E-state index < -0.39 is 0 Å². The summed E-state index contributed by atoms with van der Waals surface area (Å²) in [6.45, 7) is 4.33. The highest BCUT2D eigenvalue weighted by Crippen LogP contribution is 2.30. The van der Waals surface area contributed by atoms with Gasteiger partial charge in [-0.15, -0.1) is 0 Å². The molecular weight excluding hydrogens is 162 g/mol. The second kappa shape index (κ2) is 3.36. The Balaban J connectivity index is 2.20. The Morgan fingerprint density at radius 2 is 2.23 bits per heavy atom. The molecule has 1 aromatic heterocycles. The fourth-order valence-corrected chi connectivity index (χ4v) is 1.28. The number of hydrogen-bond donors (Lipinski definition) is 0. The lowest BCUT2D eigenvalue weighted by atomic mass is 10.1. The highest BCUT2D eigenvalue weighted by molar-refractivity contribution is 5.28. The highest BCUT2D eigenvalue weighted by atomic mass is 16.5. The van der Waals surface area contributed by atoms with E-state index in [1.165, 1.54) is 18.4 Å². The first-order chi connectivity index (χ1) is 6.27. The third-order valence-electron chi connectivity index (χ3n) is 2.23. The molecule has 0 aromatic carbocycles. The zero-order valence-electron chi connectivity index (χ0n) is 8.16. The van der Waals surface area contributed by atoms with Crippen molar-refractivity contribution in [2.45, 2.75) is 38.7 Å². The van der Waals surface area contributed by atoms with E-state index in [4.69, 9.17) is 4.74 Å². The Morgan fingerprint density at radius 3 is 2.85 bits per heavy atom. The molecule has 0 unspecified atom stereocenters. The van der Waals surface area contributed by atoms with E-state index in [1.807, 2.05) is 6.07 Å². The first-order valence-corrected chi connectivity index (χ1v) is 4.89. The molecule has 0 saturated heterocycles. The predicted octanol–water partition coefficient (Wildman–Crippen LogP) is 2.75. The van der Waals surface area contributed by atoms with Crippen LogP contribution in [0.5, 0.6) is 5.88 Å². The van der Waals surface area contributed by atoms with Gasteiger partial charge in [0.1, 0.15) is 6.10 Å².